The van der Waals surface area contributed by atoms with Gasteiger partial charge in [-0.25, -0.2) is 0 Å². The van der Waals surface area contributed by atoms with Gasteiger partial charge in [-0.3, -0.25) is 9.69 Å². The number of piperidine rings is 1. The number of amides is 1. The summed E-state index contributed by atoms with van der Waals surface area (Å²) in [4.78, 5) is 14.3. The quantitative estimate of drug-likeness (QED) is 0.813. The molecule has 1 amide bonds. The van der Waals surface area contributed by atoms with Crippen LogP contribution in [0.4, 0.5) is 0 Å². The first-order chi connectivity index (χ1) is 8.35. The molecular weight excluding hydrogens is 262 g/mol. The maximum absolute atomic E-state index is 12.1. The highest BCUT2D eigenvalue weighted by Gasteiger charge is 2.28. The minimum absolute atomic E-state index is 0. The SMILES string of the molecule is CCC(C)(C)NC(=O)CN1CCCCC1C(C)N.Cl. The van der Waals surface area contributed by atoms with Crippen LogP contribution >= 0.6 is 12.4 Å². The molecule has 114 valence electrons. The Kier molecular flexibility index (Phi) is 7.94. The van der Waals surface area contributed by atoms with Gasteiger partial charge >= 0.3 is 0 Å². The Labute approximate surface area is 123 Å². The summed E-state index contributed by atoms with van der Waals surface area (Å²) in [5.74, 6) is 0.120. The molecule has 0 spiro atoms. The third-order valence-corrected chi connectivity index (χ3v) is 3.98. The van der Waals surface area contributed by atoms with Crippen LogP contribution in [0.5, 0.6) is 0 Å². The second-order valence-corrected chi connectivity index (χ2v) is 6.18. The maximum Gasteiger partial charge on any atom is 0.234 e. The molecule has 0 aliphatic carbocycles. The number of hydrogen-bond acceptors (Lipinski definition) is 3. The maximum atomic E-state index is 12.1. The average Bonchev–Trinajstić information content (AvgIpc) is 2.28. The summed E-state index contributed by atoms with van der Waals surface area (Å²) in [6, 6.07) is 0.492. The van der Waals surface area contributed by atoms with Crippen LogP contribution in [-0.4, -0.2) is 41.5 Å². The molecule has 0 aromatic rings. The standard InChI is InChI=1S/C14H29N3O.ClH/c1-5-14(3,4)16-13(18)10-17-9-7-6-8-12(17)11(2)15;/h11-12H,5-10,15H2,1-4H3,(H,16,18);1H. The first kappa shape index (κ1) is 18.7. The first-order valence-corrected chi connectivity index (χ1v) is 7.16. The number of halogens is 1. The predicted octanol–water partition coefficient (Wildman–Crippen LogP) is 1.91. The van der Waals surface area contributed by atoms with Crippen molar-refractivity contribution in [2.45, 2.75) is 71.0 Å². The highest BCUT2D eigenvalue weighted by molar-refractivity contribution is 5.85. The van der Waals surface area contributed by atoms with Gasteiger partial charge in [-0.05, 0) is 46.6 Å². The van der Waals surface area contributed by atoms with Crippen molar-refractivity contribution in [3.63, 3.8) is 0 Å². The summed E-state index contributed by atoms with van der Waals surface area (Å²) in [5.41, 5.74) is 5.90. The molecule has 2 atom stereocenters. The van der Waals surface area contributed by atoms with Crippen molar-refractivity contribution < 1.29 is 4.79 Å². The molecule has 0 saturated carbocycles. The monoisotopic (exact) mass is 291 g/mol. The molecule has 0 aromatic carbocycles. The van der Waals surface area contributed by atoms with E-state index in [4.69, 9.17) is 5.73 Å². The number of rotatable bonds is 5. The van der Waals surface area contributed by atoms with Crippen LogP contribution in [0, 0.1) is 0 Å². The topological polar surface area (TPSA) is 58.4 Å². The highest BCUT2D eigenvalue weighted by Crippen LogP contribution is 2.18. The number of nitrogens with zero attached hydrogens (tertiary/aromatic N) is 1. The van der Waals surface area contributed by atoms with E-state index in [1.54, 1.807) is 0 Å². The zero-order valence-corrected chi connectivity index (χ0v) is 13.6. The van der Waals surface area contributed by atoms with Gasteiger partial charge in [0.05, 0.1) is 6.54 Å². The normalized spacial score (nSPS) is 22.5. The number of nitrogens with two attached hydrogens (primary N) is 1. The van der Waals surface area contributed by atoms with Crippen molar-refractivity contribution in [1.29, 1.82) is 0 Å². The molecule has 5 heteroatoms. The molecular formula is C14H30ClN3O. The van der Waals surface area contributed by atoms with E-state index in [9.17, 15) is 4.79 Å². The van der Waals surface area contributed by atoms with E-state index in [0.29, 0.717) is 12.6 Å². The lowest BCUT2D eigenvalue weighted by molar-refractivity contribution is -0.124. The number of carbonyl (C=O) groups is 1. The van der Waals surface area contributed by atoms with E-state index in [2.05, 4.69) is 31.0 Å². The molecule has 1 rings (SSSR count). The zero-order valence-electron chi connectivity index (χ0n) is 12.7. The summed E-state index contributed by atoms with van der Waals surface area (Å²) in [6.07, 6.45) is 4.45. The molecule has 1 saturated heterocycles. The summed E-state index contributed by atoms with van der Waals surface area (Å²) >= 11 is 0. The van der Waals surface area contributed by atoms with Gasteiger partial charge in [0.1, 0.15) is 0 Å². The zero-order chi connectivity index (χ0) is 13.8. The molecule has 0 radical (unpaired) electrons. The van der Waals surface area contributed by atoms with Crippen LogP contribution < -0.4 is 11.1 Å². The Morgan fingerprint density at radius 2 is 2.11 bits per heavy atom. The van der Waals surface area contributed by atoms with Gasteiger partial charge in [-0.2, -0.15) is 0 Å². The fourth-order valence-corrected chi connectivity index (χ4v) is 2.50. The average molecular weight is 292 g/mol. The molecule has 1 fully saturated rings. The third kappa shape index (κ3) is 6.11. The second-order valence-electron chi connectivity index (χ2n) is 6.18. The lowest BCUT2D eigenvalue weighted by Gasteiger charge is -2.38. The van der Waals surface area contributed by atoms with Crippen molar-refractivity contribution >= 4 is 18.3 Å². The summed E-state index contributed by atoms with van der Waals surface area (Å²) in [6.45, 7) is 9.72. The molecule has 1 aliphatic rings. The van der Waals surface area contributed by atoms with E-state index < -0.39 is 0 Å². The molecule has 19 heavy (non-hydrogen) atoms. The Balaban J connectivity index is 0.00000324. The Morgan fingerprint density at radius 3 is 2.63 bits per heavy atom. The van der Waals surface area contributed by atoms with Crippen molar-refractivity contribution in [2.75, 3.05) is 13.1 Å². The smallest absolute Gasteiger partial charge is 0.234 e. The van der Waals surface area contributed by atoms with E-state index in [0.717, 1.165) is 19.4 Å². The van der Waals surface area contributed by atoms with E-state index >= 15 is 0 Å². The van der Waals surface area contributed by atoms with E-state index in [-0.39, 0.29) is 29.9 Å². The molecule has 1 heterocycles. The van der Waals surface area contributed by atoms with Gasteiger partial charge in [0.15, 0.2) is 0 Å². The third-order valence-electron chi connectivity index (χ3n) is 3.98. The minimum Gasteiger partial charge on any atom is -0.350 e. The van der Waals surface area contributed by atoms with Gasteiger partial charge in [-0.1, -0.05) is 13.3 Å². The molecule has 4 nitrogen and oxygen atoms in total. The van der Waals surface area contributed by atoms with Gasteiger partial charge < -0.3 is 11.1 Å². The molecule has 0 aromatic heterocycles. The Hall–Kier alpha value is -0.320. The largest absolute Gasteiger partial charge is 0.350 e. The number of carbonyl (C=O) groups excluding carboxylic acids is 1. The predicted molar refractivity (Wildman–Crippen MR) is 82.6 cm³/mol. The first-order valence-electron chi connectivity index (χ1n) is 7.16. The van der Waals surface area contributed by atoms with Crippen LogP contribution in [-0.2, 0) is 4.79 Å². The van der Waals surface area contributed by atoms with Crippen LogP contribution in [0.3, 0.4) is 0 Å². The Morgan fingerprint density at radius 1 is 1.47 bits per heavy atom. The summed E-state index contributed by atoms with van der Waals surface area (Å²) < 4.78 is 0. The fraction of sp³-hybridized carbons (Fsp3) is 0.929. The molecule has 0 bridgehead atoms. The van der Waals surface area contributed by atoms with Crippen molar-refractivity contribution in [1.82, 2.24) is 10.2 Å². The summed E-state index contributed by atoms with van der Waals surface area (Å²) in [7, 11) is 0. The Bertz CT molecular complexity index is 282. The molecule has 1 aliphatic heterocycles. The van der Waals surface area contributed by atoms with Crippen LogP contribution in [0.25, 0.3) is 0 Å². The lowest BCUT2D eigenvalue weighted by Crippen LogP contribution is -2.54. The van der Waals surface area contributed by atoms with Crippen molar-refractivity contribution in [3.05, 3.63) is 0 Å². The van der Waals surface area contributed by atoms with Gasteiger partial charge in [0.2, 0.25) is 5.91 Å². The summed E-state index contributed by atoms with van der Waals surface area (Å²) in [5, 5.41) is 3.09. The highest BCUT2D eigenvalue weighted by atomic mass is 35.5. The van der Waals surface area contributed by atoms with Crippen LogP contribution in [0.2, 0.25) is 0 Å². The number of likely N-dealkylation sites (tertiary alicyclic amines) is 1. The van der Waals surface area contributed by atoms with Crippen LogP contribution in [0.15, 0.2) is 0 Å². The van der Waals surface area contributed by atoms with Crippen LogP contribution in [0.1, 0.15) is 53.4 Å². The van der Waals surface area contributed by atoms with Crippen molar-refractivity contribution in [2.24, 2.45) is 5.73 Å². The number of nitrogens with one attached hydrogen (secondary N) is 1. The minimum atomic E-state index is -0.114. The van der Waals surface area contributed by atoms with Gasteiger partial charge in [-0.15, -0.1) is 12.4 Å². The van der Waals surface area contributed by atoms with Crippen molar-refractivity contribution in [3.8, 4) is 0 Å². The van der Waals surface area contributed by atoms with E-state index in [1.807, 2.05) is 6.92 Å². The van der Waals surface area contributed by atoms with Gasteiger partial charge in [0.25, 0.3) is 0 Å². The number of hydrogen-bond donors (Lipinski definition) is 2. The second kappa shape index (κ2) is 8.08. The van der Waals surface area contributed by atoms with E-state index in [1.165, 1.54) is 12.8 Å². The lowest BCUT2D eigenvalue weighted by atomic mass is 9.96. The fourth-order valence-electron chi connectivity index (χ4n) is 2.50. The van der Waals surface area contributed by atoms with Gasteiger partial charge in [0, 0.05) is 17.6 Å². The molecule has 2 unspecified atom stereocenters. The molecule has 3 N–H and O–H groups in total.